The fourth-order valence-corrected chi connectivity index (χ4v) is 5.21. The predicted octanol–water partition coefficient (Wildman–Crippen LogP) is 4.95. The molecule has 6 rings (SSSR count). The third-order valence-electron chi connectivity index (χ3n) is 7.40. The van der Waals surface area contributed by atoms with Crippen molar-refractivity contribution in [2.24, 2.45) is 0 Å². The standard InChI is InChI=1S/C33H34N4O7/c1-4-43-29(38)18-37-17-21-6-5-7-24(14-21)36-33(41)44-19-20(2)26-11-9-23(15-28(26)42-3)30(32(37)40)35-25-10-8-22-12-13-34-31(39)27(22)16-25/h5-16,20,30,35H,4,17-19H2,1-3H3,(H,34,39)(H,36,41)/t20-,30+/m0/s1. The highest BCUT2D eigenvalue weighted by Gasteiger charge is 2.30. The number of benzene rings is 3. The number of nitrogens with one attached hydrogen (secondary N) is 3. The summed E-state index contributed by atoms with van der Waals surface area (Å²) in [6, 6.07) is 18.5. The summed E-state index contributed by atoms with van der Waals surface area (Å²) < 4.78 is 16.4. The second kappa shape index (κ2) is 13.3. The molecule has 2 atom stereocenters. The topological polar surface area (TPSA) is 139 Å². The number of H-pyrrole nitrogens is 1. The van der Waals surface area contributed by atoms with Crippen LogP contribution in [0, 0.1) is 0 Å². The molecule has 2 aliphatic rings. The summed E-state index contributed by atoms with van der Waals surface area (Å²) in [5.74, 6) is -0.694. The van der Waals surface area contributed by atoms with Gasteiger partial charge in [-0.2, -0.15) is 0 Å². The first-order chi connectivity index (χ1) is 21.2. The fourth-order valence-electron chi connectivity index (χ4n) is 5.21. The summed E-state index contributed by atoms with van der Waals surface area (Å²) in [7, 11) is 1.53. The van der Waals surface area contributed by atoms with Gasteiger partial charge >= 0.3 is 12.1 Å². The van der Waals surface area contributed by atoms with Crippen LogP contribution in [0.2, 0.25) is 0 Å². The summed E-state index contributed by atoms with van der Waals surface area (Å²) in [5, 5.41) is 7.24. The highest BCUT2D eigenvalue weighted by Crippen LogP contribution is 2.33. The monoisotopic (exact) mass is 598 g/mol. The molecule has 2 amide bonds. The zero-order valence-electron chi connectivity index (χ0n) is 24.7. The molecule has 0 spiro atoms. The van der Waals surface area contributed by atoms with Crippen LogP contribution in [-0.2, 0) is 25.6 Å². The number of carbonyl (C=O) groups excluding carboxylic acids is 3. The van der Waals surface area contributed by atoms with Gasteiger partial charge in [0.1, 0.15) is 18.3 Å². The number of ether oxygens (including phenoxy) is 3. The molecule has 228 valence electrons. The highest BCUT2D eigenvalue weighted by atomic mass is 16.5. The lowest BCUT2D eigenvalue weighted by Crippen LogP contribution is -2.41. The minimum atomic E-state index is -0.977. The van der Waals surface area contributed by atoms with E-state index >= 15 is 0 Å². The van der Waals surface area contributed by atoms with Crippen molar-refractivity contribution in [1.82, 2.24) is 9.88 Å². The van der Waals surface area contributed by atoms with Crippen LogP contribution in [0.5, 0.6) is 5.75 Å². The van der Waals surface area contributed by atoms with Crippen molar-refractivity contribution < 1.29 is 28.6 Å². The van der Waals surface area contributed by atoms with E-state index in [4.69, 9.17) is 14.2 Å². The second-order valence-corrected chi connectivity index (χ2v) is 10.5. The number of carbonyl (C=O) groups is 3. The van der Waals surface area contributed by atoms with Gasteiger partial charge in [0.15, 0.2) is 0 Å². The van der Waals surface area contributed by atoms with Gasteiger partial charge in [0.25, 0.3) is 11.5 Å². The maximum Gasteiger partial charge on any atom is 0.411 e. The predicted molar refractivity (Wildman–Crippen MR) is 166 cm³/mol. The Morgan fingerprint density at radius 1 is 1.07 bits per heavy atom. The van der Waals surface area contributed by atoms with Crippen molar-refractivity contribution in [3.8, 4) is 5.75 Å². The Balaban J connectivity index is 1.63. The van der Waals surface area contributed by atoms with E-state index in [1.165, 1.54) is 12.0 Å². The first-order valence-corrected chi connectivity index (χ1v) is 14.3. The Kier molecular flexibility index (Phi) is 9.13. The van der Waals surface area contributed by atoms with Gasteiger partial charge in [-0.1, -0.05) is 37.3 Å². The number of esters is 1. The van der Waals surface area contributed by atoms with E-state index < -0.39 is 24.0 Å². The van der Waals surface area contributed by atoms with E-state index in [1.54, 1.807) is 73.8 Å². The van der Waals surface area contributed by atoms with Crippen LogP contribution < -0.4 is 20.9 Å². The number of hydrogen-bond acceptors (Lipinski definition) is 8. The Bertz CT molecular complexity index is 1750. The Labute approximate surface area is 254 Å². The summed E-state index contributed by atoms with van der Waals surface area (Å²) in [4.78, 5) is 56.4. The summed E-state index contributed by atoms with van der Waals surface area (Å²) in [6.45, 7) is 3.59. The molecule has 0 saturated carbocycles. The minimum Gasteiger partial charge on any atom is -0.496 e. The largest absolute Gasteiger partial charge is 0.496 e. The molecule has 0 radical (unpaired) electrons. The summed E-state index contributed by atoms with van der Waals surface area (Å²) in [6.07, 6.45) is 0.964. The average Bonchev–Trinajstić information content (AvgIpc) is 3.02. The summed E-state index contributed by atoms with van der Waals surface area (Å²) in [5.41, 5.74) is 2.78. The molecule has 3 N–H and O–H groups in total. The van der Waals surface area contributed by atoms with E-state index in [-0.39, 0.29) is 37.8 Å². The number of aromatic amines is 1. The van der Waals surface area contributed by atoms with Gasteiger partial charge in [-0.15, -0.1) is 0 Å². The van der Waals surface area contributed by atoms with Crippen LogP contribution in [0.25, 0.3) is 10.8 Å². The molecule has 44 heavy (non-hydrogen) atoms. The smallest absolute Gasteiger partial charge is 0.411 e. The van der Waals surface area contributed by atoms with Crippen molar-refractivity contribution in [2.75, 3.05) is 37.5 Å². The number of hydrogen-bond donors (Lipinski definition) is 3. The number of pyridine rings is 1. The van der Waals surface area contributed by atoms with Gasteiger partial charge in [0.2, 0.25) is 0 Å². The van der Waals surface area contributed by atoms with E-state index in [0.29, 0.717) is 33.6 Å². The van der Waals surface area contributed by atoms with Gasteiger partial charge in [-0.3, -0.25) is 19.7 Å². The lowest BCUT2D eigenvalue weighted by atomic mass is 9.96. The molecule has 3 aromatic carbocycles. The molecule has 11 nitrogen and oxygen atoms in total. The van der Waals surface area contributed by atoms with E-state index in [0.717, 1.165) is 10.9 Å². The number of rotatable bonds is 6. The van der Waals surface area contributed by atoms with E-state index in [9.17, 15) is 19.2 Å². The van der Waals surface area contributed by atoms with Crippen LogP contribution in [0.15, 0.2) is 77.7 Å². The molecular formula is C33H34N4O7. The first-order valence-electron chi connectivity index (χ1n) is 14.3. The van der Waals surface area contributed by atoms with Gasteiger partial charge in [0, 0.05) is 41.0 Å². The van der Waals surface area contributed by atoms with Crippen molar-refractivity contribution in [2.45, 2.75) is 32.4 Å². The average molecular weight is 599 g/mol. The molecule has 0 saturated heterocycles. The number of methoxy groups -OCH3 is 1. The second-order valence-electron chi connectivity index (χ2n) is 10.5. The molecule has 11 heteroatoms. The Morgan fingerprint density at radius 2 is 1.91 bits per heavy atom. The molecule has 4 bridgehead atoms. The number of fused-ring (bicyclic) bond motifs is 10. The number of aromatic nitrogens is 1. The molecule has 4 aromatic rings. The molecular weight excluding hydrogens is 564 g/mol. The number of amides is 2. The van der Waals surface area contributed by atoms with Gasteiger partial charge in [-0.25, -0.2) is 4.79 Å². The van der Waals surface area contributed by atoms with Crippen LogP contribution in [0.1, 0.15) is 42.5 Å². The zero-order chi connectivity index (χ0) is 31.2. The summed E-state index contributed by atoms with van der Waals surface area (Å²) >= 11 is 0. The van der Waals surface area contributed by atoms with Crippen LogP contribution >= 0.6 is 0 Å². The van der Waals surface area contributed by atoms with Crippen molar-refractivity contribution in [3.05, 3.63) is 100.0 Å². The maximum absolute atomic E-state index is 14.5. The third-order valence-corrected chi connectivity index (χ3v) is 7.40. The van der Waals surface area contributed by atoms with E-state index in [2.05, 4.69) is 15.6 Å². The highest BCUT2D eigenvalue weighted by molar-refractivity contribution is 5.91. The maximum atomic E-state index is 14.5. The van der Waals surface area contributed by atoms with Crippen molar-refractivity contribution >= 4 is 40.1 Å². The molecule has 2 aliphatic heterocycles. The third kappa shape index (κ3) is 6.83. The molecule has 0 aliphatic carbocycles. The normalized spacial score (nSPS) is 17.1. The first kappa shape index (κ1) is 30.1. The minimum absolute atomic E-state index is 0.0457. The van der Waals surface area contributed by atoms with Crippen LogP contribution in [0.3, 0.4) is 0 Å². The number of nitrogens with zero attached hydrogens (tertiary/aromatic N) is 1. The van der Waals surface area contributed by atoms with Gasteiger partial charge in [-0.05, 0) is 59.8 Å². The molecule has 3 heterocycles. The quantitative estimate of drug-likeness (QED) is 0.265. The molecule has 1 aromatic heterocycles. The van der Waals surface area contributed by atoms with Crippen LogP contribution in [-0.4, -0.2) is 54.7 Å². The lowest BCUT2D eigenvalue weighted by Gasteiger charge is -2.29. The fraction of sp³-hybridized carbons (Fsp3) is 0.273. The van der Waals surface area contributed by atoms with E-state index in [1.807, 2.05) is 13.0 Å². The lowest BCUT2D eigenvalue weighted by molar-refractivity contribution is -0.149. The zero-order valence-corrected chi connectivity index (χ0v) is 24.7. The number of anilines is 2. The van der Waals surface area contributed by atoms with Crippen molar-refractivity contribution in [1.29, 1.82) is 0 Å². The Hall–Kier alpha value is -5.32. The van der Waals surface area contributed by atoms with Gasteiger partial charge in [0.05, 0.1) is 20.3 Å². The van der Waals surface area contributed by atoms with Crippen LogP contribution in [0.4, 0.5) is 16.2 Å². The van der Waals surface area contributed by atoms with Gasteiger partial charge < -0.3 is 29.4 Å². The van der Waals surface area contributed by atoms with Crippen molar-refractivity contribution in [3.63, 3.8) is 0 Å². The molecule has 0 fully saturated rings. The molecule has 0 unspecified atom stereocenters. The Morgan fingerprint density at radius 3 is 2.70 bits per heavy atom. The SMILES string of the molecule is CCOC(=O)CN1Cc2cccc(c2)NC(=O)OC[C@H](C)c2ccc(cc2OC)[C@@H](Nc2ccc3cc[nH]c(=O)c3c2)C1=O.